The van der Waals surface area contributed by atoms with Crippen LogP contribution in [-0.2, 0) is 16.0 Å². The minimum Gasteiger partial charge on any atom is -0.330 e. The van der Waals surface area contributed by atoms with Gasteiger partial charge in [-0.05, 0) is 54.5 Å². The molecule has 1 aromatic carbocycles. The van der Waals surface area contributed by atoms with E-state index < -0.39 is 0 Å². The second-order valence-corrected chi connectivity index (χ2v) is 10.0. The van der Waals surface area contributed by atoms with Crippen LogP contribution in [-0.4, -0.2) is 84.9 Å². The van der Waals surface area contributed by atoms with Crippen LogP contribution in [0.2, 0.25) is 0 Å². The maximum absolute atomic E-state index is 13.4. The van der Waals surface area contributed by atoms with E-state index in [4.69, 9.17) is 0 Å². The molecule has 0 saturated carbocycles. The number of hydrogen-bond donors (Lipinski definition) is 1. The molecule has 0 unspecified atom stereocenters. The Kier molecular flexibility index (Phi) is 5.10. The summed E-state index contributed by atoms with van der Waals surface area (Å²) in [6, 6.07) is 8.34. The van der Waals surface area contributed by atoms with Crippen molar-refractivity contribution < 1.29 is 9.59 Å². The summed E-state index contributed by atoms with van der Waals surface area (Å²) in [6.45, 7) is 3.97. The number of H-pyrrole nitrogens is 1. The molecule has 2 bridgehead atoms. The van der Waals surface area contributed by atoms with Gasteiger partial charge in [-0.15, -0.1) is 10.2 Å². The van der Waals surface area contributed by atoms with Gasteiger partial charge in [0.05, 0.1) is 18.2 Å². The second-order valence-electron chi connectivity index (χ2n) is 10.0. The fourth-order valence-electron chi connectivity index (χ4n) is 6.48. The predicted molar refractivity (Wildman–Crippen MR) is 121 cm³/mol. The topological polar surface area (TPSA) is 122 Å². The van der Waals surface area contributed by atoms with Crippen molar-refractivity contribution >= 4 is 11.8 Å². The molecule has 6 rings (SSSR count). The highest BCUT2D eigenvalue weighted by Gasteiger charge is 2.53. The van der Waals surface area contributed by atoms with E-state index in [1.807, 2.05) is 13.0 Å². The van der Waals surface area contributed by atoms with Gasteiger partial charge in [-0.3, -0.25) is 14.5 Å². The highest BCUT2D eigenvalue weighted by Crippen LogP contribution is 2.44. The predicted octanol–water partition coefficient (Wildman–Crippen LogP) is 1.29. The van der Waals surface area contributed by atoms with Gasteiger partial charge >= 0.3 is 0 Å². The molecule has 10 nitrogen and oxygen atoms in total. The largest absolute Gasteiger partial charge is 0.330 e. The van der Waals surface area contributed by atoms with Gasteiger partial charge in [-0.1, -0.05) is 19.1 Å². The molecule has 10 heteroatoms. The van der Waals surface area contributed by atoms with E-state index in [0.29, 0.717) is 18.9 Å². The summed E-state index contributed by atoms with van der Waals surface area (Å²) in [5.41, 5.74) is 3.40. The Hall–Kier alpha value is -3.32. The Labute approximate surface area is 197 Å². The molecule has 3 aliphatic heterocycles. The average molecular weight is 461 g/mol. The number of likely N-dealkylation sites (tertiary alicyclic amines) is 3. The molecule has 1 aliphatic carbocycles. The summed E-state index contributed by atoms with van der Waals surface area (Å²) >= 11 is 0. The van der Waals surface area contributed by atoms with Gasteiger partial charge in [0.15, 0.2) is 0 Å². The zero-order chi connectivity index (χ0) is 23.4. The molecule has 34 heavy (non-hydrogen) atoms. The number of aromatic nitrogens is 4. The van der Waals surface area contributed by atoms with Crippen molar-refractivity contribution in [2.24, 2.45) is 5.92 Å². The Morgan fingerprint density at radius 1 is 1.32 bits per heavy atom. The maximum atomic E-state index is 13.4. The smallest absolute Gasteiger partial charge is 0.240 e. The zero-order valence-electron chi connectivity index (χ0n) is 19.2. The minimum atomic E-state index is -0.301. The lowest BCUT2D eigenvalue weighted by Gasteiger charge is -2.38. The number of nitriles is 1. The number of fused-ring (bicyclic) bond motifs is 3. The van der Waals surface area contributed by atoms with E-state index >= 15 is 0 Å². The standard InChI is InChI=1S/C24H28N8O2/c1-14(23(33)31-8-2-3-17(31)11-25)12-30-13-18-10-21(30)24(34)32(18)20-7-5-15-9-16(4-6-19(15)20)22-26-28-29-27-22/h4,6,9,14,17-18,20-21H,2-3,5,7-8,10,12-13H2,1H3,(H,26,27,28,29)/t14-,17-,18+,20-,21+/m0/s1. The number of nitrogens with one attached hydrogen (secondary N) is 1. The van der Waals surface area contributed by atoms with Gasteiger partial charge in [0.1, 0.15) is 6.04 Å². The van der Waals surface area contributed by atoms with Crippen LogP contribution in [0.4, 0.5) is 0 Å². The lowest BCUT2D eigenvalue weighted by Crippen LogP contribution is -2.53. The Balaban J connectivity index is 1.13. The van der Waals surface area contributed by atoms with Crippen molar-refractivity contribution in [3.63, 3.8) is 0 Å². The number of tetrazole rings is 1. The lowest BCUT2D eigenvalue weighted by atomic mass is 10.0. The van der Waals surface area contributed by atoms with Crippen molar-refractivity contribution in [3.05, 3.63) is 29.3 Å². The number of carbonyl (C=O) groups is 2. The number of piperazine rings is 1. The number of nitrogens with zero attached hydrogens (tertiary/aromatic N) is 7. The van der Waals surface area contributed by atoms with Gasteiger partial charge < -0.3 is 9.80 Å². The fourth-order valence-corrected chi connectivity index (χ4v) is 6.48. The van der Waals surface area contributed by atoms with Crippen LogP contribution in [0, 0.1) is 17.2 Å². The van der Waals surface area contributed by atoms with E-state index in [2.05, 4.69) is 48.6 Å². The van der Waals surface area contributed by atoms with Crippen LogP contribution in [0.1, 0.15) is 49.8 Å². The van der Waals surface area contributed by atoms with Crippen molar-refractivity contribution in [2.45, 2.75) is 63.2 Å². The first-order valence-electron chi connectivity index (χ1n) is 12.2. The number of rotatable bonds is 5. The summed E-state index contributed by atoms with van der Waals surface area (Å²) in [4.78, 5) is 32.4. The molecule has 3 saturated heterocycles. The van der Waals surface area contributed by atoms with Gasteiger partial charge in [0.2, 0.25) is 17.6 Å². The summed E-state index contributed by atoms with van der Waals surface area (Å²) < 4.78 is 0. The highest BCUT2D eigenvalue weighted by atomic mass is 16.2. The third-order valence-corrected chi connectivity index (χ3v) is 8.06. The van der Waals surface area contributed by atoms with Crippen molar-refractivity contribution in [3.8, 4) is 17.5 Å². The SMILES string of the molecule is C[C@@H](CN1C[C@H]2C[C@@H]1C(=O)N2[C@H]1CCc2cc(-c3nn[nH]n3)ccc21)C(=O)N1CCC[C@H]1C#N. The van der Waals surface area contributed by atoms with Crippen molar-refractivity contribution in [1.82, 2.24) is 35.3 Å². The summed E-state index contributed by atoms with van der Waals surface area (Å²) in [6.07, 6.45) is 4.34. The van der Waals surface area contributed by atoms with Crippen LogP contribution in [0.25, 0.3) is 11.4 Å². The number of amides is 2. The van der Waals surface area contributed by atoms with E-state index in [-0.39, 0.29) is 41.9 Å². The zero-order valence-corrected chi connectivity index (χ0v) is 19.2. The van der Waals surface area contributed by atoms with E-state index in [1.165, 1.54) is 11.1 Å². The lowest BCUT2D eigenvalue weighted by molar-refractivity contribution is -0.142. The number of benzene rings is 1. The molecule has 2 aromatic rings. The van der Waals surface area contributed by atoms with Gasteiger partial charge in [0.25, 0.3) is 0 Å². The molecular weight excluding hydrogens is 432 g/mol. The molecule has 3 fully saturated rings. The Morgan fingerprint density at radius 2 is 2.21 bits per heavy atom. The van der Waals surface area contributed by atoms with E-state index in [0.717, 1.165) is 44.2 Å². The summed E-state index contributed by atoms with van der Waals surface area (Å²) in [5.74, 6) is 0.590. The van der Waals surface area contributed by atoms with Crippen molar-refractivity contribution in [2.75, 3.05) is 19.6 Å². The number of carbonyl (C=O) groups excluding carboxylic acids is 2. The third kappa shape index (κ3) is 3.29. The first kappa shape index (κ1) is 21.2. The molecule has 1 aromatic heterocycles. The first-order valence-corrected chi connectivity index (χ1v) is 12.2. The molecule has 4 aliphatic rings. The highest BCUT2D eigenvalue weighted by molar-refractivity contribution is 5.87. The normalized spacial score (nSPS) is 29.0. The van der Waals surface area contributed by atoms with E-state index in [9.17, 15) is 14.9 Å². The number of aryl methyl sites for hydroxylation is 1. The number of hydrogen-bond acceptors (Lipinski definition) is 7. The molecule has 0 spiro atoms. The maximum Gasteiger partial charge on any atom is 0.240 e. The van der Waals surface area contributed by atoms with Crippen LogP contribution in [0.5, 0.6) is 0 Å². The summed E-state index contributed by atoms with van der Waals surface area (Å²) in [7, 11) is 0. The first-order chi connectivity index (χ1) is 16.5. The molecule has 0 radical (unpaired) electrons. The summed E-state index contributed by atoms with van der Waals surface area (Å²) in [5, 5.41) is 23.6. The third-order valence-electron chi connectivity index (χ3n) is 8.06. The average Bonchev–Trinajstić information content (AvgIpc) is 3.66. The van der Waals surface area contributed by atoms with Gasteiger partial charge in [-0.2, -0.15) is 10.5 Å². The molecule has 1 N–H and O–H groups in total. The Morgan fingerprint density at radius 3 is 2.97 bits per heavy atom. The molecule has 2 amide bonds. The minimum absolute atomic E-state index is 0.0401. The van der Waals surface area contributed by atoms with Crippen molar-refractivity contribution in [1.29, 1.82) is 5.26 Å². The van der Waals surface area contributed by atoms with Crippen LogP contribution < -0.4 is 0 Å². The van der Waals surface area contributed by atoms with Crippen LogP contribution in [0.15, 0.2) is 18.2 Å². The molecule has 5 atom stereocenters. The van der Waals surface area contributed by atoms with E-state index in [1.54, 1.807) is 4.90 Å². The molecule has 176 valence electrons. The van der Waals surface area contributed by atoms with Gasteiger partial charge in [0, 0.05) is 37.2 Å². The van der Waals surface area contributed by atoms with Gasteiger partial charge in [-0.25, -0.2) is 0 Å². The molecular formula is C24H28N8O2. The molecule has 4 heterocycles. The quantitative estimate of drug-likeness (QED) is 0.713. The fraction of sp³-hybridized carbons (Fsp3) is 0.583. The second kappa shape index (κ2) is 8.17. The Bertz CT molecular complexity index is 1160. The monoisotopic (exact) mass is 460 g/mol. The number of aromatic amines is 1. The van der Waals surface area contributed by atoms with Crippen LogP contribution in [0.3, 0.4) is 0 Å². The van der Waals surface area contributed by atoms with Crippen LogP contribution >= 0.6 is 0 Å².